The zero-order valence-corrected chi connectivity index (χ0v) is 14.4. The summed E-state index contributed by atoms with van der Waals surface area (Å²) in [6, 6.07) is 9.34. The van der Waals surface area contributed by atoms with Gasteiger partial charge in [0.1, 0.15) is 6.10 Å². The van der Waals surface area contributed by atoms with Crippen LogP contribution in [0, 0.1) is 0 Å². The SMILES string of the molecule is Cl.O=C(NC1CCN(C(=O)C2CNCCO2)CC1)c1ccccc1. The number of benzene rings is 1. The van der Waals surface area contributed by atoms with Gasteiger partial charge in [-0.05, 0) is 25.0 Å². The van der Waals surface area contributed by atoms with Gasteiger partial charge in [0.05, 0.1) is 6.61 Å². The lowest BCUT2D eigenvalue weighted by atomic mass is 10.0. The fourth-order valence-corrected chi connectivity index (χ4v) is 3.03. The van der Waals surface area contributed by atoms with E-state index >= 15 is 0 Å². The molecular formula is C17H24ClN3O3. The number of rotatable bonds is 3. The summed E-state index contributed by atoms with van der Waals surface area (Å²) in [6.07, 6.45) is 1.20. The van der Waals surface area contributed by atoms with Crippen LogP contribution < -0.4 is 10.6 Å². The van der Waals surface area contributed by atoms with Crippen LogP contribution in [0.3, 0.4) is 0 Å². The highest BCUT2D eigenvalue weighted by Gasteiger charge is 2.30. The van der Waals surface area contributed by atoms with E-state index in [4.69, 9.17) is 4.74 Å². The van der Waals surface area contributed by atoms with Gasteiger partial charge in [-0.25, -0.2) is 0 Å². The quantitative estimate of drug-likeness (QED) is 0.844. The molecule has 0 saturated carbocycles. The van der Waals surface area contributed by atoms with Gasteiger partial charge >= 0.3 is 0 Å². The Morgan fingerprint density at radius 3 is 2.50 bits per heavy atom. The third-order valence-electron chi connectivity index (χ3n) is 4.38. The Labute approximate surface area is 148 Å². The van der Waals surface area contributed by atoms with E-state index in [0.29, 0.717) is 31.8 Å². The Morgan fingerprint density at radius 1 is 1.17 bits per heavy atom. The van der Waals surface area contributed by atoms with E-state index in [2.05, 4.69) is 10.6 Å². The van der Waals surface area contributed by atoms with Crippen molar-refractivity contribution < 1.29 is 14.3 Å². The van der Waals surface area contributed by atoms with Crippen LogP contribution in [0.15, 0.2) is 30.3 Å². The molecule has 0 radical (unpaired) electrons. The largest absolute Gasteiger partial charge is 0.366 e. The monoisotopic (exact) mass is 353 g/mol. The number of morpholine rings is 1. The number of ether oxygens (including phenoxy) is 1. The number of nitrogens with one attached hydrogen (secondary N) is 2. The van der Waals surface area contributed by atoms with Crippen molar-refractivity contribution in [1.29, 1.82) is 0 Å². The Morgan fingerprint density at radius 2 is 1.88 bits per heavy atom. The summed E-state index contributed by atoms with van der Waals surface area (Å²) in [5.74, 6) is 0.0141. The standard InChI is InChI=1S/C17H23N3O3.ClH/c21-16(13-4-2-1-3-5-13)19-14-6-9-20(10-7-14)17(22)15-12-18-8-11-23-15;/h1-5,14-15,18H,6-12H2,(H,19,21);1H. The van der Waals surface area contributed by atoms with Crippen LogP contribution in [0.5, 0.6) is 0 Å². The molecule has 2 saturated heterocycles. The fraction of sp³-hybridized carbons (Fsp3) is 0.529. The Kier molecular flexibility index (Phi) is 7.02. The summed E-state index contributed by atoms with van der Waals surface area (Å²) in [6.45, 7) is 3.30. The van der Waals surface area contributed by atoms with E-state index in [0.717, 1.165) is 19.4 Å². The molecule has 2 aliphatic rings. The van der Waals surface area contributed by atoms with Crippen molar-refractivity contribution in [2.45, 2.75) is 25.0 Å². The van der Waals surface area contributed by atoms with E-state index in [9.17, 15) is 9.59 Å². The van der Waals surface area contributed by atoms with Gasteiger partial charge in [0.25, 0.3) is 11.8 Å². The second-order valence-corrected chi connectivity index (χ2v) is 6.00. The molecule has 2 fully saturated rings. The molecule has 132 valence electrons. The van der Waals surface area contributed by atoms with Crippen molar-refractivity contribution in [2.75, 3.05) is 32.8 Å². The Bertz CT molecular complexity index is 541. The van der Waals surface area contributed by atoms with Gasteiger partial charge in [-0.3, -0.25) is 9.59 Å². The lowest BCUT2D eigenvalue weighted by molar-refractivity contribution is -0.146. The first-order chi connectivity index (χ1) is 11.2. The van der Waals surface area contributed by atoms with Crippen molar-refractivity contribution in [3.63, 3.8) is 0 Å². The first kappa shape index (κ1) is 18.7. The summed E-state index contributed by atoms with van der Waals surface area (Å²) < 4.78 is 5.52. The molecule has 1 aromatic rings. The average molecular weight is 354 g/mol. The molecule has 1 aromatic carbocycles. The van der Waals surface area contributed by atoms with Crippen LogP contribution in [-0.4, -0.2) is 61.6 Å². The third-order valence-corrected chi connectivity index (χ3v) is 4.38. The number of carbonyl (C=O) groups is 2. The van der Waals surface area contributed by atoms with Crippen LogP contribution >= 0.6 is 12.4 Å². The second-order valence-electron chi connectivity index (χ2n) is 6.00. The van der Waals surface area contributed by atoms with Crippen molar-refractivity contribution >= 4 is 24.2 Å². The number of amides is 2. The van der Waals surface area contributed by atoms with Gasteiger partial charge in [-0.1, -0.05) is 18.2 Å². The smallest absolute Gasteiger partial charge is 0.253 e. The summed E-state index contributed by atoms with van der Waals surface area (Å²) in [5.41, 5.74) is 0.674. The number of piperidine rings is 1. The summed E-state index contributed by atoms with van der Waals surface area (Å²) in [4.78, 5) is 26.4. The van der Waals surface area contributed by atoms with Gasteiger partial charge in [0, 0.05) is 37.8 Å². The predicted molar refractivity (Wildman–Crippen MR) is 93.4 cm³/mol. The van der Waals surface area contributed by atoms with Crippen molar-refractivity contribution in [3.05, 3.63) is 35.9 Å². The molecule has 1 atom stereocenters. The van der Waals surface area contributed by atoms with Crippen LogP contribution in [0.2, 0.25) is 0 Å². The molecule has 2 amide bonds. The second kappa shape index (κ2) is 9.01. The van der Waals surface area contributed by atoms with E-state index in [-0.39, 0.29) is 36.4 Å². The average Bonchev–Trinajstić information content (AvgIpc) is 2.63. The number of nitrogens with zero attached hydrogens (tertiary/aromatic N) is 1. The van der Waals surface area contributed by atoms with Gasteiger partial charge in [-0.2, -0.15) is 0 Å². The van der Waals surface area contributed by atoms with E-state index in [1.165, 1.54) is 0 Å². The number of halogens is 1. The van der Waals surface area contributed by atoms with E-state index in [1.54, 1.807) is 12.1 Å². The van der Waals surface area contributed by atoms with Crippen LogP contribution in [0.4, 0.5) is 0 Å². The molecule has 2 aliphatic heterocycles. The molecule has 24 heavy (non-hydrogen) atoms. The zero-order chi connectivity index (χ0) is 16.1. The minimum Gasteiger partial charge on any atom is -0.366 e. The summed E-state index contributed by atoms with van der Waals surface area (Å²) in [5, 5.41) is 6.23. The number of carbonyl (C=O) groups excluding carboxylic acids is 2. The van der Waals surface area contributed by atoms with Gasteiger partial charge in [0.2, 0.25) is 0 Å². The number of likely N-dealkylation sites (tertiary alicyclic amines) is 1. The minimum absolute atomic E-state index is 0. The topological polar surface area (TPSA) is 70.7 Å². The van der Waals surface area contributed by atoms with E-state index in [1.807, 2.05) is 23.1 Å². The fourth-order valence-electron chi connectivity index (χ4n) is 3.03. The third kappa shape index (κ3) is 4.69. The molecular weight excluding hydrogens is 330 g/mol. The highest BCUT2D eigenvalue weighted by molar-refractivity contribution is 5.94. The molecule has 2 N–H and O–H groups in total. The lowest BCUT2D eigenvalue weighted by Gasteiger charge is -2.35. The van der Waals surface area contributed by atoms with Crippen molar-refractivity contribution in [3.8, 4) is 0 Å². The molecule has 0 bridgehead atoms. The maximum atomic E-state index is 12.4. The lowest BCUT2D eigenvalue weighted by Crippen LogP contribution is -2.53. The Hall–Kier alpha value is -1.63. The molecule has 0 spiro atoms. The van der Waals surface area contributed by atoms with E-state index < -0.39 is 0 Å². The van der Waals surface area contributed by atoms with Gasteiger partial charge in [-0.15, -0.1) is 12.4 Å². The normalized spacial score (nSPS) is 21.7. The van der Waals surface area contributed by atoms with Crippen molar-refractivity contribution in [1.82, 2.24) is 15.5 Å². The van der Waals surface area contributed by atoms with Crippen LogP contribution in [0.1, 0.15) is 23.2 Å². The first-order valence-electron chi connectivity index (χ1n) is 8.21. The zero-order valence-electron chi connectivity index (χ0n) is 13.6. The molecule has 6 nitrogen and oxygen atoms in total. The molecule has 0 aromatic heterocycles. The minimum atomic E-state index is -0.362. The van der Waals surface area contributed by atoms with Crippen LogP contribution in [0.25, 0.3) is 0 Å². The maximum absolute atomic E-state index is 12.4. The van der Waals surface area contributed by atoms with Crippen molar-refractivity contribution in [2.24, 2.45) is 0 Å². The first-order valence-corrected chi connectivity index (χ1v) is 8.21. The maximum Gasteiger partial charge on any atom is 0.253 e. The highest BCUT2D eigenvalue weighted by atomic mass is 35.5. The highest BCUT2D eigenvalue weighted by Crippen LogP contribution is 2.14. The Balaban J connectivity index is 0.00000208. The molecule has 0 aliphatic carbocycles. The number of hydrogen-bond acceptors (Lipinski definition) is 4. The molecule has 7 heteroatoms. The summed E-state index contributed by atoms with van der Waals surface area (Å²) >= 11 is 0. The molecule has 2 heterocycles. The molecule has 1 unspecified atom stereocenters. The summed E-state index contributed by atoms with van der Waals surface area (Å²) in [7, 11) is 0. The van der Waals surface area contributed by atoms with Crippen LogP contribution in [-0.2, 0) is 9.53 Å². The predicted octanol–water partition coefficient (Wildman–Crippen LogP) is 0.818. The molecule has 3 rings (SSSR count). The van der Waals surface area contributed by atoms with Gasteiger partial charge in [0.15, 0.2) is 0 Å². The van der Waals surface area contributed by atoms with Gasteiger partial charge < -0.3 is 20.3 Å². The number of hydrogen-bond donors (Lipinski definition) is 2.